The Labute approximate surface area is 187 Å². The summed E-state index contributed by atoms with van der Waals surface area (Å²) in [7, 11) is 0. The van der Waals surface area contributed by atoms with E-state index in [2.05, 4.69) is 32.5 Å². The number of imidazole rings is 1. The third-order valence-corrected chi connectivity index (χ3v) is 5.52. The quantitative estimate of drug-likeness (QED) is 0.324. The molecule has 0 spiro atoms. The van der Waals surface area contributed by atoms with Gasteiger partial charge in [0, 0.05) is 18.7 Å². The molecule has 0 saturated heterocycles. The third kappa shape index (κ3) is 5.64. The van der Waals surface area contributed by atoms with Crippen molar-refractivity contribution in [2.45, 2.75) is 78.1 Å². The Kier molecular flexibility index (Phi) is 7.50. The highest BCUT2D eigenvalue weighted by Crippen LogP contribution is 2.25. The lowest BCUT2D eigenvalue weighted by Crippen LogP contribution is -2.41. The smallest absolute Gasteiger partial charge is 0.227 e. The van der Waals surface area contributed by atoms with Crippen LogP contribution in [0.5, 0.6) is 5.75 Å². The van der Waals surface area contributed by atoms with Crippen molar-refractivity contribution >= 4 is 22.9 Å². The first kappa shape index (κ1) is 23.7. The van der Waals surface area contributed by atoms with Crippen LogP contribution in [0.25, 0.3) is 11.2 Å². The van der Waals surface area contributed by atoms with Crippen molar-refractivity contribution in [1.82, 2.24) is 19.5 Å². The number of halogens is 1. The van der Waals surface area contributed by atoms with E-state index >= 15 is 0 Å². The first-order valence-corrected chi connectivity index (χ1v) is 11.2. The number of aromatic nitrogens is 4. The van der Waals surface area contributed by atoms with Crippen molar-refractivity contribution in [3.63, 3.8) is 0 Å². The standard InChI is InChI=1S/C23H33FN6O2/c1-5-7-8-11-30-14-26-19-20(25-13-15-12-16(24)9-10-17(15)31)28-22(29-21(19)30)27-18(6-2)23(3,4)32/h9-10,12,14,18,31-32H,5-8,11,13H2,1-4H3,(H2,25,27,28,29). The van der Waals surface area contributed by atoms with Crippen molar-refractivity contribution in [3.8, 4) is 5.75 Å². The second kappa shape index (κ2) is 10.1. The van der Waals surface area contributed by atoms with Crippen LogP contribution in [0.1, 0.15) is 58.9 Å². The summed E-state index contributed by atoms with van der Waals surface area (Å²) < 4.78 is 15.6. The predicted octanol–water partition coefficient (Wildman–Crippen LogP) is 4.43. The van der Waals surface area contributed by atoms with E-state index in [9.17, 15) is 14.6 Å². The number of nitrogens with zero attached hydrogens (tertiary/aromatic N) is 4. The first-order chi connectivity index (χ1) is 15.2. The molecule has 0 saturated carbocycles. The lowest BCUT2D eigenvalue weighted by Gasteiger charge is -2.29. The molecule has 0 aliphatic rings. The van der Waals surface area contributed by atoms with Gasteiger partial charge in [0.05, 0.1) is 18.0 Å². The van der Waals surface area contributed by atoms with Gasteiger partial charge in [0.2, 0.25) is 5.95 Å². The van der Waals surface area contributed by atoms with Gasteiger partial charge in [0.1, 0.15) is 11.6 Å². The molecule has 0 fully saturated rings. The maximum Gasteiger partial charge on any atom is 0.227 e. The van der Waals surface area contributed by atoms with Crippen molar-refractivity contribution in [3.05, 3.63) is 35.9 Å². The minimum Gasteiger partial charge on any atom is -0.508 e. The minimum atomic E-state index is -0.963. The monoisotopic (exact) mass is 444 g/mol. The summed E-state index contributed by atoms with van der Waals surface area (Å²) in [5.41, 5.74) is 0.723. The van der Waals surface area contributed by atoms with Gasteiger partial charge >= 0.3 is 0 Å². The van der Waals surface area contributed by atoms with Gasteiger partial charge in [0.15, 0.2) is 17.0 Å². The SMILES string of the molecule is CCCCCn1cnc2c(NCc3cc(F)ccc3O)nc(NC(CC)C(C)(C)O)nc21. The minimum absolute atomic E-state index is 0.000667. The van der Waals surface area contributed by atoms with Crippen LogP contribution >= 0.6 is 0 Å². The number of fused-ring (bicyclic) bond motifs is 1. The van der Waals surface area contributed by atoms with Crippen LogP contribution in [0.15, 0.2) is 24.5 Å². The number of aliphatic hydroxyl groups is 1. The van der Waals surface area contributed by atoms with E-state index in [1.165, 1.54) is 18.2 Å². The Hall–Kier alpha value is -2.94. The van der Waals surface area contributed by atoms with Gasteiger partial charge < -0.3 is 25.4 Å². The number of hydrogen-bond acceptors (Lipinski definition) is 7. The number of aryl methyl sites for hydroxylation is 1. The van der Waals surface area contributed by atoms with E-state index in [1.807, 2.05) is 11.5 Å². The molecule has 3 rings (SSSR count). The van der Waals surface area contributed by atoms with E-state index in [0.717, 1.165) is 25.8 Å². The van der Waals surface area contributed by atoms with Gasteiger partial charge in [-0.2, -0.15) is 9.97 Å². The molecule has 0 aliphatic carbocycles. The predicted molar refractivity (Wildman–Crippen MR) is 124 cm³/mol. The highest BCUT2D eigenvalue weighted by atomic mass is 19.1. The summed E-state index contributed by atoms with van der Waals surface area (Å²) in [6.45, 7) is 8.58. The number of unbranched alkanes of at least 4 members (excludes halogenated alkanes) is 2. The molecule has 0 bridgehead atoms. The van der Waals surface area contributed by atoms with E-state index in [4.69, 9.17) is 0 Å². The molecule has 9 heteroatoms. The van der Waals surface area contributed by atoms with Gasteiger partial charge in [-0.3, -0.25) is 0 Å². The molecule has 8 nitrogen and oxygen atoms in total. The topological polar surface area (TPSA) is 108 Å². The molecule has 32 heavy (non-hydrogen) atoms. The van der Waals surface area contributed by atoms with Gasteiger partial charge in [-0.25, -0.2) is 9.37 Å². The summed E-state index contributed by atoms with van der Waals surface area (Å²) >= 11 is 0. The zero-order chi connectivity index (χ0) is 23.3. The maximum atomic E-state index is 13.6. The largest absolute Gasteiger partial charge is 0.508 e. The van der Waals surface area contributed by atoms with Crippen LogP contribution in [-0.4, -0.2) is 41.4 Å². The molecular weight excluding hydrogens is 411 g/mol. The van der Waals surface area contributed by atoms with Crippen LogP contribution in [-0.2, 0) is 13.1 Å². The average molecular weight is 445 g/mol. The number of phenolic OH excluding ortho intramolecular Hbond substituents is 1. The highest BCUT2D eigenvalue weighted by molar-refractivity contribution is 5.84. The highest BCUT2D eigenvalue weighted by Gasteiger charge is 2.26. The number of hydrogen-bond donors (Lipinski definition) is 4. The van der Waals surface area contributed by atoms with Crippen LogP contribution < -0.4 is 10.6 Å². The van der Waals surface area contributed by atoms with E-state index in [-0.39, 0.29) is 18.3 Å². The Balaban J connectivity index is 1.96. The fourth-order valence-electron chi connectivity index (χ4n) is 3.64. The molecule has 2 heterocycles. The Morgan fingerprint density at radius 1 is 1.19 bits per heavy atom. The fraction of sp³-hybridized carbons (Fsp3) is 0.522. The number of anilines is 2. The van der Waals surface area contributed by atoms with Crippen molar-refractivity contribution in [1.29, 1.82) is 0 Å². The molecule has 174 valence electrons. The third-order valence-electron chi connectivity index (χ3n) is 5.52. The summed E-state index contributed by atoms with van der Waals surface area (Å²) in [6, 6.07) is 3.57. The average Bonchev–Trinajstić information content (AvgIpc) is 3.15. The second-order valence-corrected chi connectivity index (χ2v) is 8.60. The first-order valence-electron chi connectivity index (χ1n) is 11.2. The van der Waals surface area contributed by atoms with Crippen LogP contribution in [0.3, 0.4) is 0 Å². The Morgan fingerprint density at radius 2 is 1.97 bits per heavy atom. The second-order valence-electron chi connectivity index (χ2n) is 8.60. The normalized spacial score (nSPS) is 12.8. The number of aromatic hydroxyl groups is 1. The maximum absolute atomic E-state index is 13.6. The molecule has 0 radical (unpaired) electrons. The molecular formula is C23H33FN6O2. The zero-order valence-electron chi connectivity index (χ0n) is 19.2. The molecule has 2 aromatic heterocycles. The van der Waals surface area contributed by atoms with Gasteiger partial charge in [-0.15, -0.1) is 0 Å². The van der Waals surface area contributed by atoms with Crippen molar-refractivity contribution in [2.75, 3.05) is 10.6 Å². The number of nitrogens with one attached hydrogen (secondary N) is 2. The van der Waals surface area contributed by atoms with Crippen LogP contribution in [0.4, 0.5) is 16.2 Å². The Bertz CT molecular complexity index is 1050. The van der Waals surface area contributed by atoms with Crippen LogP contribution in [0.2, 0.25) is 0 Å². The van der Waals surface area contributed by atoms with Gasteiger partial charge in [-0.05, 0) is 44.9 Å². The lowest BCUT2D eigenvalue weighted by molar-refractivity contribution is 0.0577. The van der Waals surface area contributed by atoms with Crippen molar-refractivity contribution < 1.29 is 14.6 Å². The van der Waals surface area contributed by atoms with E-state index in [1.54, 1.807) is 20.2 Å². The van der Waals surface area contributed by atoms with Gasteiger partial charge in [-0.1, -0.05) is 26.7 Å². The zero-order valence-corrected chi connectivity index (χ0v) is 19.2. The summed E-state index contributed by atoms with van der Waals surface area (Å²) in [4.78, 5) is 13.8. The molecule has 4 N–H and O–H groups in total. The fourth-order valence-corrected chi connectivity index (χ4v) is 3.64. The molecule has 1 aromatic carbocycles. The summed E-state index contributed by atoms with van der Waals surface area (Å²) in [6.07, 6.45) is 5.66. The number of phenols is 1. The molecule has 1 unspecified atom stereocenters. The van der Waals surface area contributed by atoms with Gasteiger partial charge in [0.25, 0.3) is 0 Å². The molecule has 3 aromatic rings. The number of rotatable bonds is 11. The molecule has 0 aliphatic heterocycles. The van der Waals surface area contributed by atoms with Crippen LogP contribution in [0, 0.1) is 5.82 Å². The summed E-state index contributed by atoms with van der Waals surface area (Å²) in [5, 5.41) is 26.9. The number of benzene rings is 1. The molecule has 1 atom stereocenters. The Morgan fingerprint density at radius 3 is 2.66 bits per heavy atom. The van der Waals surface area contributed by atoms with Crippen molar-refractivity contribution in [2.24, 2.45) is 0 Å². The molecule has 0 amide bonds. The van der Waals surface area contributed by atoms with E-state index in [0.29, 0.717) is 34.9 Å². The van der Waals surface area contributed by atoms with E-state index < -0.39 is 11.4 Å². The lowest BCUT2D eigenvalue weighted by atomic mass is 9.97. The summed E-state index contributed by atoms with van der Waals surface area (Å²) in [5.74, 6) is 0.419.